The van der Waals surface area contributed by atoms with Gasteiger partial charge in [-0.15, -0.1) is 11.3 Å². The van der Waals surface area contributed by atoms with Crippen LogP contribution in [0, 0.1) is 0 Å². The van der Waals surface area contributed by atoms with Crippen molar-refractivity contribution in [2.24, 2.45) is 0 Å². The Morgan fingerprint density at radius 2 is 2.24 bits per heavy atom. The predicted octanol–water partition coefficient (Wildman–Crippen LogP) is 2.55. The summed E-state index contributed by atoms with van der Waals surface area (Å²) in [6.07, 6.45) is 5.05. The number of rotatable bonds is 2. The number of halogens is 1. The minimum absolute atomic E-state index is 0.0766. The van der Waals surface area contributed by atoms with E-state index < -0.39 is 0 Å². The smallest absolute Gasteiger partial charge is 0.178 e. The highest BCUT2D eigenvalue weighted by Crippen LogP contribution is 2.24. The molecule has 0 saturated heterocycles. The largest absolute Gasteiger partial charge is 0.253 e. The molecule has 7 heteroatoms. The average Bonchev–Trinajstić information content (AvgIpc) is 2.97. The van der Waals surface area contributed by atoms with Crippen molar-refractivity contribution in [2.45, 2.75) is 13.0 Å². The van der Waals surface area contributed by atoms with Gasteiger partial charge in [0.25, 0.3) is 0 Å². The summed E-state index contributed by atoms with van der Waals surface area (Å²) in [5.41, 5.74) is 3.24. The molecule has 3 aromatic heterocycles. The van der Waals surface area contributed by atoms with Gasteiger partial charge in [-0.3, -0.25) is 4.98 Å². The van der Waals surface area contributed by atoms with E-state index in [2.05, 4.69) is 20.1 Å². The molecule has 0 aliphatic carbocycles. The lowest BCUT2D eigenvalue weighted by molar-refractivity contribution is 0.587. The Balaban J connectivity index is 2.14. The molecule has 5 nitrogen and oxygen atoms in total. The zero-order chi connectivity index (χ0) is 11.8. The molecule has 0 aliphatic rings. The van der Waals surface area contributed by atoms with Crippen LogP contribution in [0.4, 0.5) is 0 Å². The highest BCUT2D eigenvalue weighted by atomic mass is 35.5. The van der Waals surface area contributed by atoms with Gasteiger partial charge in [0.1, 0.15) is 10.7 Å². The lowest BCUT2D eigenvalue weighted by atomic mass is 10.3. The van der Waals surface area contributed by atoms with Gasteiger partial charge in [0.15, 0.2) is 5.65 Å². The first-order chi connectivity index (χ1) is 8.25. The van der Waals surface area contributed by atoms with E-state index in [-0.39, 0.29) is 6.04 Å². The molecule has 0 N–H and O–H groups in total. The third-order valence-electron chi connectivity index (χ3n) is 2.50. The standard InChI is InChI=1S/C10H8ClN5S/c1-6(8-3-12-5-17-8)16-10-7(2-14-16)13-4-9(11)15-10/h2-6H,1H3/t6-/m0/s1. The number of hydrogen-bond donors (Lipinski definition) is 0. The van der Waals surface area contributed by atoms with Crippen molar-refractivity contribution in [3.63, 3.8) is 0 Å². The summed E-state index contributed by atoms with van der Waals surface area (Å²) >= 11 is 7.44. The molecule has 0 aliphatic heterocycles. The van der Waals surface area contributed by atoms with Crippen molar-refractivity contribution < 1.29 is 0 Å². The molecule has 0 saturated carbocycles. The summed E-state index contributed by atoms with van der Waals surface area (Å²) in [4.78, 5) is 13.6. The van der Waals surface area contributed by atoms with E-state index in [1.54, 1.807) is 23.0 Å². The molecule has 0 fully saturated rings. The van der Waals surface area contributed by atoms with Crippen LogP contribution < -0.4 is 0 Å². The van der Waals surface area contributed by atoms with Crippen LogP contribution in [0.15, 0.2) is 24.1 Å². The number of thiazole rings is 1. The van der Waals surface area contributed by atoms with Crippen LogP contribution in [0.3, 0.4) is 0 Å². The van der Waals surface area contributed by atoms with E-state index in [0.717, 1.165) is 10.4 Å². The zero-order valence-corrected chi connectivity index (χ0v) is 10.5. The molecule has 1 atom stereocenters. The van der Waals surface area contributed by atoms with E-state index in [9.17, 15) is 0 Å². The molecular formula is C10H8ClN5S. The van der Waals surface area contributed by atoms with Gasteiger partial charge in [0, 0.05) is 11.1 Å². The average molecular weight is 266 g/mol. The Hall–Kier alpha value is -1.53. The van der Waals surface area contributed by atoms with Gasteiger partial charge in [-0.25, -0.2) is 14.6 Å². The van der Waals surface area contributed by atoms with Crippen molar-refractivity contribution in [3.8, 4) is 0 Å². The minimum Gasteiger partial charge on any atom is -0.253 e. The molecule has 0 unspecified atom stereocenters. The zero-order valence-electron chi connectivity index (χ0n) is 8.91. The van der Waals surface area contributed by atoms with Crippen LogP contribution in [0.5, 0.6) is 0 Å². The number of aromatic nitrogens is 5. The summed E-state index contributed by atoms with van der Waals surface area (Å²) in [7, 11) is 0. The summed E-state index contributed by atoms with van der Waals surface area (Å²) in [5.74, 6) is 0. The number of nitrogens with zero attached hydrogens (tertiary/aromatic N) is 5. The quantitative estimate of drug-likeness (QED) is 0.715. The summed E-state index contributed by atoms with van der Waals surface area (Å²) in [5, 5.41) is 4.68. The Morgan fingerprint density at radius 1 is 1.35 bits per heavy atom. The van der Waals surface area contributed by atoms with Crippen molar-refractivity contribution in [1.29, 1.82) is 0 Å². The number of hydrogen-bond acceptors (Lipinski definition) is 5. The molecular weight excluding hydrogens is 258 g/mol. The normalized spacial score (nSPS) is 13.1. The second kappa shape index (κ2) is 4.05. The summed E-state index contributed by atoms with van der Waals surface area (Å²) in [6, 6.07) is 0.0766. The van der Waals surface area contributed by atoms with Gasteiger partial charge in [-0.2, -0.15) is 5.10 Å². The molecule has 3 rings (SSSR count). The molecule has 0 bridgehead atoms. The molecule has 3 aromatic rings. The Bertz CT molecular complexity index is 648. The Morgan fingerprint density at radius 3 is 3.00 bits per heavy atom. The molecule has 86 valence electrons. The first kappa shape index (κ1) is 10.6. The molecule has 0 radical (unpaired) electrons. The third kappa shape index (κ3) is 1.79. The Labute approximate surface area is 106 Å². The fraction of sp³-hybridized carbons (Fsp3) is 0.200. The van der Waals surface area contributed by atoms with E-state index in [0.29, 0.717) is 10.8 Å². The second-order valence-electron chi connectivity index (χ2n) is 3.57. The fourth-order valence-corrected chi connectivity index (χ4v) is 2.43. The second-order valence-corrected chi connectivity index (χ2v) is 4.88. The maximum Gasteiger partial charge on any atom is 0.178 e. The van der Waals surface area contributed by atoms with Gasteiger partial charge in [0.2, 0.25) is 0 Å². The van der Waals surface area contributed by atoms with Gasteiger partial charge >= 0.3 is 0 Å². The maximum absolute atomic E-state index is 5.85. The summed E-state index contributed by atoms with van der Waals surface area (Å²) in [6.45, 7) is 2.04. The van der Waals surface area contributed by atoms with Gasteiger partial charge < -0.3 is 0 Å². The molecule has 17 heavy (non-hydrogen) atoms. The van der Waals surface area contributed by atoms with Gasteiger partial charge in [0.05, 0.1) is 23.9 Å². The number of fused-ring (bicyclic) bond motifs is 1. The SMILES string of the molecule is C[C@@H](c1cncs1)n1ncc2ncc(Cl)nc21. The molecule has 0 spiro atoms. The van der Waals surface area contributed by atoms with Crippen LogP contribution in [-0.2, 0) is 0 Å². The first-order valence-corrected chi connectivity index (χ1v) is 6.25. The van der Waals surface area contributed by atoms with Crippen molar-refractivity contribution in [2.75, 3.05) is 0 Å². The van der Waals surface area contributed by atoms with Crippen molar-refractivity contribution >= 4 is 34.1 Å². The minimum atomic E-state index is 0.0766. The summed E-state index contributed by atoms with van der Waals surface area (Å²) < 4.78 is 1.81. The maximum atomic E-state index is 5.85. The third-order valence-corrected chi connectivity index (χ3v) is 3.63. The Kier molecular flexibility index (Phi) is 2.53. The topological polar surface area (TPSA) is 56.5 Å². The van der Waals surface area contributed by atoms with Crippen LogP contribution in [0.2, 0.25) is 5.15 Å². The van der Waals surface area contributed by atoms with Crippen LogP contribution >= 0.6 is 22.9 Å². The van der Waals surface area contributed by atoms with E-state index in [1.165, 1.54) is 6.20 Å². The van der Waals surface area contributed by atoms with E-state index >= 15 is 0 Å². The van der Waals surface area contributed by atoms with Crippen molar-refractivity contribution in [3.05, 3.63) is 34.1 Å². The van der Waals surface area contributed by atoms with Crippen LogP contribution in [0.1, 0.15) is 17.8 Å². The highest BCUT2D eigenvalue weighted by molar-refractivity contribution is 7.09. The molecule has 3 heterocycles. The molecule has 0 amide bonds. The van der Waals surface area contributed by atoms with Gasteiger partial charge in [-0.05, 0) is 6.92 Å². The van der Waals surface area contributed by atoms with E-state index in [1.807, 2.05) is 17.8 Å². The van der Waals surface area contributed by atoms with Crippen LogP contribution in [0.25, 0.3) is 11.2 Å². The lowest BCUT2D eigenvalue weighted by Crippen LogP contribution is -2.07. The monoisotopic (exact) mass is 265 g/mol. The fourth-order valence-electron chi connectivity index (χ4n) is 1.63. The van der Waals surface area contributed by atoms with Gasteiger partial charge in [-0.1, -0.05) is 11.6 Å². The predicted molar refractivity (Wildman–Crippen MR) is 66.3 cm³/mol. The highest BCUT2D eigenvalue weighted by Gasteiger charge is 2.15. The van der Waals surface area contributed by atoms with Crippen molar-refractivity contribution in [1.82, 2.24) is 24.7 Å². The first-order valence-electron chi connectivity index (χ1n) is 5.00. The molecule has 0 aromatic carbocycles. The van der Waals surface area contributed by atoms with Crippen LogP contribution in [-0.4, -0.2) is 24.7 Å². The lowest BCUT2D eigenvalue weighted by Gasteiger charge is -2.09. The van der Waals surface area contributed by atoms with E-state index in [4.69, 9.17) is 11.6 Å².